The zero-order valence-electron chi connectivity index (χ0n) is 12.9. The summed E-state index contributed by atoms with van der Waals surface area (Å²) in [6.45, 7) is 9.58. The molecule has 0 saturated carbocycles. The Labute approximate surface area is 131 Å². The van der Waals surface area contributed by atoms with Crippen molar-refractivity contribution in [3.63, 3.8) is 0 Å². The van der Waals surface area contributed by atoms with E-state index < -0.39 is 0 Å². The average Bonchev–Trinajstić information content (AvgIpc) is 2.93. The molecule has 1 heterocycles. The van der Waals surface area contributed by atoms with Gasteiger partial charge in [0, 0.05) is 48.7 Å². The van der Waals surface area contributed by atoms with Gasteiger partial charge in [0.25, 0.3) is 0 Å². The SMILES string of the molecule is CCOCCN(CCOCC)Cc1cc(C#CCO)cs1. The molecule has 5 heteroatoms. The number of rotatable bonds is 10. The van der Waals surface area contributed by atoms with E-state index in [4.69, 9.17) is 14.6 Å². The normalized spacial score (nSPS) is 10.7. The van der Waals surface area contributed by atoms with Crippen LogP contribution < -0.4 is 0 Å². The van der Waals surface area contributed by atoms with Gasteiger partial charge in [-0.3, -0.25) is 4.90 Å². The first-order valence-corrected chi connectivity index (χ1v) is 8.23. The van der Waals surface area contributed by atoms with Gasteiger partial charge in [0.2, 0.25) is 0 Å². The summed E-state index contributed by atoms with van der Waals surface area (Å²) < 4.78 is 10.9. The maximum atomic E-state index is 8.71. The zero-order valence-corrected chi connectivity index (χ0v) is 13.7. The van der Waals surface area contributed by atoms with Gasteiger partial charge < -0.3 is 14.6 Å². The maximum Gasteiger partial charge on any atom is 0.104 e. The second kappa shape index (κ2) is 11.7. The van der Waals surface area contributed by atoms with E-state index in [1.807, 2.05) is 19.2 Å². The van der Waals surface area contributed by atoms with Crippen LogP contribution in [-0.2, 0) is 16.0 Å². The number of hydrogen-bond acceptors (Lipinski definition) is 5. The van der Waals surface area contributed by atoms with E-state index in [0.717, 1.165) is 51.6 Å². The molecule has 0 saturated heterocycles. The largest absolute Gasteiger partial charge is 0.384 e. The van der Waals surface area contributed by atoms with E-state index in [1.165, 1.54) is 4.88 Å². The number of thiophene rings is 1. The molecule has 0 aliphatic rings. The van der Waals surface area contributed by atoms with Crippen molar-refractivity contribution in [2.75, 3.05) is 46.1 Å². The molecule has 0 amide bonds. The van der Waals surface area contributed by atoms with Crippen LogP contribution in [0.4, 0.5) is 0 Å². The lowest BCUT2D eigenvalue weighted by atomic mass is 10.3. The van der Waals surface area contributed by atoms with Crippen LogP contribution in [0, 0.1) is 11.8 Å². The highest BCUT2D eigenvalue weighted by Gasteiger charge is 2.08. The average molecular weight is 311 g/mol. The molecule has 21 heavy (non-hydrogen) atoms. The Morgan fingerprint density at radius 2 is 1.86 bits per heavy atom. The van der Waals surface area contributed by atoms with Gasteiger partial charge in [-0.25, -0.2) is 0 Å². The van der Waals surface area contributed by atoms with Gasteiger partial charge >= 0.3 is 0 Å². The molecule has 1 aromatic rings. The maximum absolute atomic E-state index is 8.71. The highest BCUT2D eigenvalue weighted by Crippen LogP contribution is 2.16. The smallest absolute Gasteiger partial charge is 0.104 e. The third kappa shape index (κ3) is 8.20. The third-order valence-corrected chi connectivity index (χ3v) is 3.78. The molecule has 0 aliphatic carbocycles. The molecular weight excluding hydrogens is 286 g/mol. The van der Waals surface area contributed by atoms with Crippen molar-refractivity contribution in [1.82, 2.24) is 4.90 Å². The number of aliphatic hydroxyl groups is 1. The van der Waals surface area contributed by atoms with Crippen LogP contribution in [0.25, 0.3) is 0 Å². The molecule has 0 aliphatic heterocycles. The Morgan fingerprint density at radius 3 is 2.43 bits per heavy atom. The van der Waals surface area contributed by atoms with Crippen LogP contribution in [0.2, 0.25) is 0 Å². The van der Waals surface area contributed by atoms with E-state index in [9.17, 15) is 0 Å². The summed E-state index contributed by atoms with van der Waals surface area (Å²) >= 11 is 1.70. The molecule has 1 rings (SSSR count). The minimum absolute atomic E-state index is 0.0972. The quantitative estimate of drug-likeness (QED) is 0.530. The molecule has 0 aromatic carbocycles. The van der Waals surface area contributed by atoms with Gasteiger partial charge in [-0.2, -0.15) is 0 Å². The molecule has 0 spiro atoms. The molecule has 0 radical (unpaired) electrons. The monoisotopic (exact) mass is 311 g/mol. The van der Waals surface area contributed by atoms with Crippen LogP contribution >= 0.6 is 11.3 Å². The molecule has 1 N–H and O–H groups in total. The van der Waals surface area contributed by atoms with Crippen LogP contribution in [-0.4, -0.2) is 56.1 Å². The van der Waals surface area contributed by atoms with E-state index >= 15 is 0 Å². The summed E-state index contributed by atoms with van der Waals surface area (Å²) in [4.78, 5) is 3.60. The molecule has 1 aromatic heterocycles. The van der Waals surface area contributed by atoms with Crippen molar-refractivity contribution >= 4 is 11.3 Å². The van der Waals surface area contributed by atoms with Crippen molar-refractivity contribution in [3.8, 4) is 11.8 Å². The standard InChI is InChI=1S/C16H25NO3S/c1-3-19-10-7-17(8-11-20-4-2)13-16-12-15(14-21-16)6-5-9-18/h12,14,18H,3-4,7-11,13H2,1-2H3. The Kier molecular flexibility index (Phi) is 10.1. The molecule has 0 atom stereocenters. The van der Waals surface area contributed by atoms with Crippen LogP contribution in [0.15, 0.2) is 11.4 Å². The van der Waals surface area contributed by atoms with E-state index in [2.05, 4.69) is 22.8 Å². The second-order valence-corrected chi connectivity index (χ2v) is 5.43. The number of aliphatic hydroxyl groups excluding tert-OH is 1. The topological polar surface area (TPSA) is 41.9 Å². The summed E-state index contributed by atoms with van der Waals surface area (Å²) in [5.41, 5.74) is 0.971. The lowest BCUT2D eigenvalue weighted by Crippen LogP contribution is -2.30. The van der Waals surface area contributed by atoms with Crippen LogP contribution in [0.1, 0.15) is 24.3 Å². The van der Waals surface area contributed by atoms with Gasteiger partial charge in [0.05, 0.1) is 13.2 Å². The van der Waals surface area contributed by atoms with Gasteiger partial charge in [0.15, 0.2) is 0 Å². The Morgan fingerprint density at radius 1 is 1.19 bits per heavy atom. The molecule has 0 fully saturated rings. The first-order valence-electron chi connectivity index (χ1n) is 7.35. The van der Waals surface area contributed by atoms with Gasteiger partial charge in [-0.1, -0.05) is 11.8 Å². The van der Waals surface area contributed by atoms with Crippen molar-refractivity contribution in [2.45, 2.75) is 20.4 Å². The van der Waals surface area contributed by atoms with Gasteiger partial charge in [0.1, 0.15) is 6.61 Å². The second-order valence-electron chi connectivity index (χ2n) is 4.43. The van der Waals surface area contributed by atoms with Crippen molar-refractivity contribution in [1.29, 1.82) is 0 Å². The Bertz CT molecular complexity index is 426. The zero-order chi connectivity index (χ0) is 15.3. The summed E-state index contributed by atoms with van der Waals surface area (Å²) in [5.74, 6) is 5.61. The molecular formula is C16H25NO3S. The van der Waals surface area contributed by atoms with Gasteiger partial charge in [-0.15, -0.1) is 11.3 Å². The fourth-order valence-electron chi connectivity index (χ4n) is 1.84. The Balaban J connectivity index is 2.50. The summed E-state index contributed by atoms with van der Waals surface area (Å²) in [7, 11) is 0. The molecule has 118 valence electrons. The first-order chi connectivity index (χ1) is 10.3. The lowest BCUT2D eigenvalue weighted by Gasteiger charge is -2.21. The highest BCUT2D eigenvalue weighted by molar-refractivity contribution is 7.10. The van der Waals surface area contributed by atoms with E-state index in [0.29, 0.717) is 0 Å². The predicted octanol–water partition coefficient (Wildman–Crippen LogP) is 1.97. The number of hydrogen-bond donors (Lipinski definition) is 1. The lowest BCUT2D eigenvalue weighted by molar-refractivity contribution is 0.0802. The third-order valence-electron chi connectivity index (χ3n) is 2.86. The summed E-state index contributed by atoms with van der Waals surface area (Å²) in [5, 5.41) is 10.7. The minimum atomic E-state index is -0.0972. The van der Waals surface area contributed by atoms with Crippen molar-refractivity contribution < 1.29 is 14.6 Å². The molecule has 0 bridgehead atoms. The highest BCUT2D eigenvalue weighted by atomic mass is 32.1. The molecule has 4 nitrogen and oxygen atoms in total. The first kappa shape index (κ1) is 18.1. The fraction of sp³-hybridized carbons (Fsp3) is 0.625. The van der Waals surface area contributed by atoms with Gasteiger partial charge in [-0.05, 0) is 19.9 Å². The van der Waals surface area contributed by atoms with Crippen LogP contribution in [0.3, 0.4) is 0 Å². The Hall–Kier alpha value is -0.900. The molecule has 0 unspecified atom stereocenters. The minimum Gasteiger partial charge on any atom is -0.384 e. The number of ether oxygens (including phenoxy) is 2. The van der Waals surface area contributed by atoms with Crippen molar-refractivity contribution in [3.05, 3.63) is 21.9 Å². The summed E-state index contributed by atoms with van der Waals surface area (Å²) in [6.07, 6.45) is 0. The van der Waals surface area contributed by atoms with E-state index in [1.54, 1.807) is 11.3 Å². The van der Waals surface area contributed by atoms with E-state index in [-0.39, 0.29) is 6.61 Å². The van der Waals surface area contributed by atoms with Crippen molar-refractivity contribution in [2.24, 2.45) is 0 Å². The number of nitrogens with zero attached hydrogens (tertiary/aromatic N) is 1. The van der Waals surface area contributed by atoms with Crippen LogP contribution in [0.5, 0.6) is 0 Å². The summed E-state index contributed by atoms with van der Waals surface area (Å²) in [6, 6.07) is 2.09. The predicted molar refractivity (Wildman–Crippen MR) is 86.5 cm³/mol. The fourth-order valence-corrected chi connectivity index (χ4v) is 2.69.